The van der Waals surface area contributed by atoms with E-state index < -0.39 is 11.8 Å². The lowest BCUT2D eigenvalue weighted by atomic mass is 10.1. The summed E-state index contributed by atoms with van der Waals surface area (Å²) >= 11 is 0. The van der Waals surface area contributed by atoms with Crippen LogP contribution in [-0.2, 0) is 4.79 Å². The number of rotatable bonds is 11. The molecule has 3 fully saturated rings. The van der Waals surface area contributed by atoms with Gasteiger partial charge < -0.3 is 35.5 Å². The average Bonchev–Trinajstić information content (AvgIpc) is 3.62. The molecule has 3 aromatic rings. The standard InChI is InChI=1S/C31H36N8O5/c32-28(41)22-7-9-26(34-18-22)38-15-13-37(14-16-38)25-8-6-21(29(42)33-10-2-12-39-11-1-3-27(39)40)17-23(25)35-30(43)24-19-44-31(36-24)20-4-5-20/h6-9,17-20H,1-5,10-16H2,(H2,32,41)(H,33,42)(H,35,43). The van der Waals surface area contributed by atoms with Crippen molar-refractivity contribution < 1.29 is 23.6 Å². The zero-order valence-electron chi connectivity index (χ0n) is 24.5. The number of hydrogen-bond donors (Lipinski definition) is 3. The molecule has 1 saturated carbocycles. The van der Waals surface area contributed by atoms with Crippen molar-refractivity contribution >= 4 is 40.8 Å². The number of anilines is 3. The fourth-order valence-electron chi connectivity index (χ4n) is 5.56. The quantitative estimate of drug-likeness (QED) is 0.280. The summed E-state index contributed by atoms with van der Waals surface area (Å²) in [5, 5.41) is 5.90. The third-order valence-electron chi connectivity index (χ3n) is 8.23. The smallest absolute Gasteiger partial charge is 0.277 e. The largest absolute Gasteiger partial charge is 0.448 e. The fourth-order valence-corrected chi connectivity index (χ4v) is 5.56. The molecular formula is C31H36N8O5. The highest BCUT2D eigenvalue weighted by atomic mass is 16.3. The highest BCUT2D eigenvalue weighted by Crippen LogP contribution is 2.39. The number of nitrogens with one attached hydrogen (secondary N) is 2. The van der Waals surface area contributed by atoms with Crippen molar-refractivity contribution in [3.63, 3.8) is 0 Å². The van der Waals surface area contributed by atoms with Gasteiger partial charge in [-0.15, -0.1) is 0 Å². The summed E-state index contributed by atoms with van der Waals surface area (Å²) in [6, 6.07) is 8.74. The third-order valence-corrected chi connectivity index (χ3v) is 8.23. The van der Waals surface area contributed by atoms with Crippen LogP contribution in [0.4, 0.5) is 17.2 Å². The molecule has 0 unspecified atom stereocenters. The minimum Gasteiger partial charge on any atom is -0.448 e. The number of likely N-dealkylation sites (tertiary alicyclic amines) is 1. The van der Waals surface area contributed by atoms with Crippen LogP contribution in [0.15, 0.2) is 47.2 Å². The highest BCUT2D eigenvalue weighted by molar-refractivity contribution is 6.06. The minimum atomic E-state index is -0.520. The first-order valence-corrected chi connectivity index (χ1v) is 15.1. The zero-order chi connectivity index (χ0) is 30.6. The van der Waals surface area contributed by atoms with Crippen molar-refractivity contribution in [2.24, 2.45) is 5.73 Å². The molecule has 44 heavy (non-hydrogen) atoms. The number of piperazine rings is 1. The van der Waals surface area contributed by atoms with Crippen LogP contribution in [0, 0.1) is 0 Å². The Morgan fingerprint density at radius 1 is 0.977 bits per heavy atom. The van der Waals surface area contributed by atoms with Gasteiger partial charge in [0, 0.05) is 69.9 Å². The van der Waals surface area contributed by atoms with Crippen LogP contribution >= 0.6 is 0 Å². The van der Waals surface area contributed by atoms with Gasteiger partial charge in [0.05, 0.1) is 16.9 Å². The second kappa shape index (κ2) is 12.7. The van der Waals surface area contributed by atoms with Crippen LogP contribution in [0.25, 0.3) is 0 Å². The summed E-state index contributed by atoms with van der Waals surface area (Å²) in [6.45, 7) is 4.43. The number of benzene rings is 1. The zero-order valence-corrected chi connectivity index (χ0v) is 24.5. The number of amides is 4. The first-order valence-electron chi connectivity index (χ1n) is 15.1. The summed E-state index contributed by atoms with van der Waals surface area (Å²) < 4.78 is 5.52. The maximum Gasteiger partial charge on any atom is 0.277 e. The predicted molar refractivity (Wildman–Crippen MR) is 163 cm³/mol. The monoisotopic (exact) mass is 600 g/mol. The molecule has 2 saturated heterocycles. The van der Waals surface area contributed by atoms with Crippen molar-refractivity contribution in [2.45, 2.75) is 38.0 Å². The van der Waals surface area contributed by atoms with E-state index in [4.69, 9.17) is 10.2 Å². The lowest BCUT2D eigenvalue weighted by molar-refractivity contribution is -0.127. The number of aromatic nitrogens is 2. The molecule has 1 aromatic carbocycles. The van der Waals surface area contributed by atoms with E-state index in [0.717, 1.165) is 37.3 Å². The van der Waals surface area contributed by atoms with Crippen LogP contribution in [0.1, 0.15) is 75.1 Å². The molecule has 2 aromatic heterocycles. The summed E-state index contributed by atoms with van der Waals surface area (Å²) in [5.41, 5.74) is 7.58. The van der Waals surface area contributed by atoms with E-state index in [2.05, 4.69) is 30.4 Å². The third kappa shape index (κ3) is 6.66. The Bertz CT molecular complexity index is 1540. The van der Waals surface area contributed by atoms with Gasteiger partial charge in [-0.2, -0.15) is 0 Å². The Balaban J connectivity index is 1.14. The van der Waals surface area contributed by atoms with Crippen molar-refractivity contribution in [1.29, 1.82) is 0 Å². The van der Waals surface area contributed by atoms with Crippen LogP contribution < -0.4 is 26.2 Å². The van der Waals surface area contributed by atoms with E-state index in [1.54, 1.807) is 24.3 Å². The molecular weight excluding hydrogens is 564 g/mol. The lowest BCUT2D eigenvalue weighted by Crippen LogP contribution is -2.47. The molecule has 230 valence electrons. The second-order valence-electron chi connectivity index (χ2n) is 11.4. The van der Waals surface area contributed by atoms with Gasteiger partial charge in [0.2, 0.25) is 11.8 Å². The first kappa shape index (κ1) is 29.1. The molecule has 4 amide bonds. The normalized spacial score (nSPS) is 16.7. The van der Waals surface area contributed by atoms with Crippen molar-refractivity contribution in [3.05, 3.63) is 65.5 Å². The van der Waals surface area contributed by atoms with Crippen molar-refractivity contribution in [3.8, 4) is 0 Å². The predicted octanol–water partition coefficient (Wildman–Crippen LogP) is 2.37. The maximum absolute atomic E-state index is 13.2. The number of nitrogens with two attached hydrogens (primary N) is 1. The van der Waals surface area contributed by atoms with E-state index in [-0.39, 0.29) is 23.4 Å². The molecule has 4 N–H and O–H groups in total. The van der Waals surface area contributed by atoms with E-state index in [0.29, 0.717) is 74.8 Å². The van der Waals surface area contributed by atoms with Crippen LogP contribution in [-0.4, -0.2) is 84.3 Å². The van der Waals surface area contributed by atoms with Gasteiger partial charge in [-0.3, -0.25) is 19.2 Å². The maximum atomic E-state index is 13.2. The van der Waals surface area contributed by atoms with Gasteiger partial charge in [-0.05, 0) is 56.0 Å². The number of nitrogens with zero attached hydrogens (tertiary/aromatic N) is 5. The van der Waals surface area contributed by atoms with Gasteiger partial charge in [0.15, 0.2) is 11.6 Å². The lowest BCUT2D eigenvalue weighted by Gasteiger charge is -2.37. The summed E-state index contributed by atoms with van der Waals surface area (Å²) in [5.74, 6) is 0.588. The van der Waals surface area contributed by atoms with Crippen LogP contribution in [0.3, 0.4) is 0 Å². The van der Waals surface area contributed by atoms with Crippen molar-refractivity contribution in [2.75, 3.05) is 60.9 Å². The second-order valence-corrected chi connectivity index (χ2v) is 11.4. The number of carbonyl (C=O) groups is 4. The van der Waals surface area contributed by atoms with Crippen LogP contribution in [0.2, 0.25) is 0 Å². The fraction of sp³-hybridized carbons (Fsp3) is 0.419. The van der Waals surface area contributed by atoms with Gasteiger partial charge in [0.25, 0.3) is 11.8 Å². The number of hydrogen-bond acceptors (Lipinski definition) is 9. The van der Waals surface area contributed by atoms with E-state index >= 15 is 0 Å². The number of carbonyl (C=O) groups excluding carboxylic acids is 4. The molecule has 6 rings (SSSR count). The molecule has 0 bridgehead atoms. The van der Waals surface area contributed by atoms with Crippen LogP contribution in [0.5, 0.6) is 0 Å². The van der Waals surface area contributed by atoms with Crippen molar-refractivity contribution in [1.82, 2.24) is 20.2 Å². The summed E-state index contributed by atoms with van der Waals surface area (Å²) in [7, 11) is 0. The van der Waals surface area contributed by atoms with E-state index in [9.17, 15) is 19.2 Å². The minimum absolute atomic E-state index is 0.168. The molecule has 3 aliphatic rings. The Hall–Kier alpha value is -4.94. The number of primary amides is 1. The molecule has 13 heteroatoms. The Labute approximate surface area is 254 Å². The summed E-state index contributed by atoms with van der Waals surface area (Å²) in [4.78, 5) is 64.4. The number of pyridine rings is 1. The number of oxazole rings is 1. The topological polar surface area (TPSA) is 167 Å². The Morgan fingerprint density at radius 3 is 2.43 bits per heavy atom. The molecule has 0 atom stereocenters. The highest BCUT2D eigenvalue weighted by Gasteiger charge is 2.30. The molecule has 2 aliphatic heterocycles. The molecule has 0 spiro atoms. The van der Waals surface area contributed by atoms with Gasteiger partial charge in [-0.1, -0.05) is 0 Å². The SMILES string of the molecule is NC(=O)c1ccc(N2CCN(c3ccc(C(=O)NCCCN4CCCC4=O)cc3NC(=O)c3coc(C4CC4)n3)CC2)nc1. The molecule has 0 radical (unpaired) electrons. The Kier molecular flexibility index (Phi) is 8.44. The summed E-state index contributed by atoms with van der Waals surface area (Å²) in [6.07, 6.45) is 7.02. The van der Waals surface area contributed by atoms with Gasteiger partial charge in [-0.25, -0.2) is 9.97 Å². The van der Waals surface area contributed by atoms with E-state index in [1.165, 1.54) is 12.5 Å². The molecule has 4 heterocycles. The molecule has 1 aliphatic carbocycles. The molecule has 13 nitrogen and oxygen atoms in total. The van der Waals surface area contributed by atoms with Gasteiger partial charge in [0.1, 0.15) is 12.1 Å². The van der Waals surface area contributed by atoms with Gasteiger partial charge >= 0.3 is 0 Å². The average molecular weight is 601 g/mol. The van der Waals surface area contributed by atoms with E-state index in [1.807, 2.05) is 11.0 Å². The Morgan fingerprint density at radius 2 is 1.75 bits per heavy atom. The first-order chi connectivity index (χ1) is 21.4.